The summed E-state index contributed by atoms with van der Waals surface area (Å²) in [7, 11) is -2.22. The van der Waals surface area contributed by atoms with Gasteiger partial charge in [-0.15, -0.1) is 11.3 Å². The summed E-state index contributed by atoms with van der Waals surface area (Å²) in [4.78, 5) is 25.0. The van der Waals surface area contributed by atoms with E-state index in [1.54, 1.807) is 24.3 Å². The number of rotatable bonds is 7. The first-order chi connectivity index (χ1) is 13.9. The van der Waals surface area contributed by atoms with Crippen LogP contribution in [0.4, 0.5) is 5.69 Å². The Morgan fingerprint density at radius 2 is 1.69 bits per heavy atom. The number of thiophene rings is 1. The van der Waals surface area contributed by atoms with Crippen molar-refractivity contribution in [2.45, 2.75) is 11.4 Å². The van der Waals surface area contributed by atoms with Crippen molar-refractivity contribution < 1.29 is 18.0 Å². The number of benzene rings is 2. The van der Waals surface area contributed by atoms with Gasteiger partial charge in [0, 0.05) is 35.3 Å². The monoisotopic (exact) mass is 429 g/mol. The first kappa shape index (κ1) is 20.7. The fourth-order valence-electron chi connectivity index (χ4n) is 2.52. The molecule has 0 spiro atoms. The van der Waals surface area contributed by atoms with Gasteiger partial charge in [0.2, 0.25) is 10.0 Å². The van der Waals surface area contributed by atoms with Crippen LogP contribution in [-0.4, -0.2) is 27.3 Å². The lowest BCUT2D eigenvalue weighted by Gasteiger charge is -2.09. The van der Waals surface area contributed by atoms with Crippen LogP contribution in [0.2, 0.25) is 0 Å². The molecular weight excluding hydrogens is 410 g/mol. The third-order valence-corrected chi connectivity index (χ3v) is 6.33. The largest absolute Gasteiger partial charge is 0.355 e. The molecule has 9 heteroatoms. The topological polar surface area (TPSA) is 104 Å². The average Bonchev–Trinajstić information content (AvgIpc) is 3.26. The molecule has 0 saturated carbocycles. The van der Waals surface area contributed by atoms with E-state index in [0.717, 1.165) is 4.88 Å². The predicted molar refractivity (Wildman–Crippen MR) is 113 cm³/mol. The summed E-state index contributed by atoms with van der Waals surface area (Å²) in [5, 5.41) is 7.08. The van der Waals surface area contributed by atoms with E-state index in [1.807, 2.05) is 17.5 Å². The molecule has 29 heavy (non-hydrogen) atoms. The molecule has 0 aliphatic rings. The Bertz CT molecular complexity index is 1110. The second-order valence-electron chi connectivity index (χ2n) is 6.04. The standard InChI is InChI=1S/C20H19N3O4S2/c1-21-19(24)14-7-9-16(10-8-14)23-20(25)15-4-2-6-18(12-15)29(26,27)22-13-17-5-3-11-28-17/h2-12,22H,13H2,1H3,(H,21,24)(H,23,25). The minimum atomic E-state index is -3.75. The van der Waals surface area contributed by atoms with Crippen molar-refractivity contribution in [1.29, 1.82) is 0 Å². The fourth-order valence-corrected chi connectivity index (χ4v) is 4.31. The number of hydrogen-bond donors (Lipinski definition) is 3. The van der Waals surface area contributed by atoms with E-state index in [9.17, 15) is 18.0 Å². The SMILES string of the molecule is CNC(=O)c1ccc(NC(=O)c2cccc(S(=O)(=O)NCc3cccs3)c2)cc1. The number of nitrogens with one attached hydrogen (secondary N) is 3. The van der Waals surface area contributed by atoms with E-state index >= 15 is 0 Å². The van der Waals surface area contributed by atoms with Crippen molar-refractivity contribution in [2.75, 3.05) is 12.4 Å². The van der Waals surface area contributed by atoms with E-state index < -0.39 is 15.9 Å². The Kier molecular flexibility index (Phi) is 6.42. The van der Waals surface area contributed by atoms with Crippen molar-refractivity contribution in [3.05, 3.63) is 82.0 Å². The van der Waals surface area contributed by atoms with Crippen LogP contribution in [-0.2, 0) is 16.6 Å². The van der Waals surface area contributed by atoms with Gasteiger partial charge in [-0.2, -0.15) is 0 Å². The van der Waals surface area contributed by atoms with Crippen molar-refractivity contribution in [1.82, 2.24) is 10.0 Å². The number of hydrogen-bond acceptors (Lipinski definition) is 5. The van der Waals surface area contributed by atoms with Gasteiger partial charge in [0.05, 0.1) is 4.90 Å². The van der Waals surface area contributed by atoms with Crippen LogP contribution in [0.15, 0.2) is 70.9 Å². The van der Waals surface area contributed by atoms with E-state index in [1.165, 1.54) is 42.6 Å². The molecule has 0 aliphatic carbocycles. The van der Waals surface area contributed by atoms with Gasteiger partial charge in [-0.1, -0.05) is 12.1 Å². The summed E-state index contributed by atoms with van der Waals surface area (Å²) < 4.78 is 27.6. The van der Waals surface area contributed by atoms with Gasteiger partial charge < -0.3 is 10.6 Å². The van der Waals surface area contributed by atoms with Crippen molar-refractivity contribution in [3.63, 3.8) is 0 Å². The molecule has 3 aromatic rings. The van der Waals surface area contributed by atoms with Gasteiger partial charge >= 0.3 is 0 Å². The van der Waals surface area contributed by atoms with Crippen molar-refractivity contribution in [2.24, 2.45) is 0 Å². The van der Waals surface area contributed by atoms with Crippen LogP contribution in [0.25, 0.3) is 0 Å². The summed E-state index contributed by atoms with van der Waals surface area (Å²) in [5.74, 6) is -0.677. The highest BCUT2D eigenvalue weighted by atomic mass is 32.2. The third-order valence-electron chi connectivity index (χ3n) is 4.06. The lowest BCUT2D eigenvalue weighted by Crippen LogP contribution is -2.23. The van der Waals surface area contributed by atoms with Crippen LogP contribution in [0.5, 0.6) is 0 Å². The maximum atomic E-state index is 12.5. The Labute approximate surface area is 172 Å². The average molecular weight is 430 g/mol. The number of carbonyl (C=O) groups is 2. The minimum absolute atomic E-state index is 0.0108. The highest BCUT2D eigenvalue weighted by Crippen LogP contribution is 2.16. The molecule has 7 nitrogen and oxygen atoms in total. The maximum Gasteiger partial charge on any atom is 0.255 e. The minimum Gasteiger partial charge on any atom is -0.355 e. The van der Waals surface area contributed by atoms with Gasteiger partial charge in [-0.3, -0.25) is 9.59 Å². The lowest BCUT2D eigenvalue weighted by atomic mass is 10.1. The van der Waals surface area contributed by atoms with E-state index in [0.29, 0.717) is 11.3 Å². The van der Waals surface area contributed by atoms with Gasteiger partial charge in [0.25, 0.3) is 11.8 Å². The lowest BCUT2D eigenvalue weighted by molar-refractivity contribution is 0.0962. The number of sulfonamides is 1. The molecular formula is C20H19N3O4S2. The van der Waals surface area contributed by atoms with Gasteiger partial charge in [-0.25, -0.2) is 13.1 Å². The second-order valence-corrected chi connectivity index (χ2v) is 8.84. The third kappa shape index (κ3) is 5.29. The molecule has 150 valence electrons. The molecule has 3 N–H and O–H groups in total. The summed E-state index contributed by atoms with van der Waals surface area (Å²) >= 11 is 1.46. The normalized spacial score (nSPS) is 11.1. The van der Waals surface area contributed by atoms with Crippen LogP contribution in [0.1, 0.15) is 25.6 Å². The zero-order valence-corrected chi connectivity index (χ0v) is 17.1. The van der Waals surface area contributed by atoms with E-state index in [2.05, 4.69) is 15.4 Å². The second kappa shape index (κ2) is 8.99. The summed E-state index contributed by atoms with van der Waals surface area (Å²) in [6.45, 7) is 0.189. The van der Waals surface area contributed by atoms with Gasteiger partial charge in [0.1, 0.15) is 0 Å². The molecule has 1 aromatic heterocycles. The highest BCUT2D eigenvalue weighted by molar-refractivity contribution is 7.89. The van der Waals surface area contributed by atoms with Crippen molar-refractivity contribution >= 4 is 38.9 Å². The van der Waals surface area contributed by atoms with Crippen LogP contribution < -0.4 is 15.4 Å². The Hall–Kier alpha value is -3.01. The van der Waals surface area contributed by atoms with Crippen LogP contribution in [0.3, 0.4) is 0 Å². The number of carbonyl (C=O) groups excluding carboxylic acids is 2. The van der Waals surface area contributed by atoms with Crippen LogP contribution in [0, 0.1) is 0 Å². The fraction of sp³-hybridized carbons (Fsp3) is 0.100. The molecule has 2 aromatic carbocycles. The highest BCUT2D eigenvalue weighted by Gasteiger charge is 2.16. The van der Waals surface area contributed by atoms with Gasteiger partial charge in [0.15, 0.2) is 0 Å². The first-order valence-electron chi connectivity index (χ1n) is 8.64. The van der Waals surface area contributed by atoms with Gasteiger partial charge in [-0.05, 0) is 53.9 Å². The summed E-state index contributed by atoms with van der Waals surface area (Å²) in [6, 6.07) is 15.9. The Morgan fingerprint density at radius 3 is 2.34 bits per heavy atom. The Morgan fingerprint density at radius 1 is 0.931 bits per heavy atom. The first-order valence-corrected chi connectivity index (χ1v) is 11.0. The molecule has 1 heterocycles. The van der Waals surface area contributed by atoms with E-state index in [-0.39, 0.29) is 22.9 Å². The number of anilines is 1. The van der Waals surface area contributed by atoms with E-state index in [4.69, 9.17) is 0 Å². The summed E-state index contributed by atoms with van der Waals surface area (Å²) in [5.41, 5.74) is 1.17. The molecule has 0 aliphatic heterocycles. The molecule has 2 amide bonds. The zero-order valence-electron chi connectivity index (χ0n) is 15.5. The van der Waals surface area contributed by atoms with Crippen LogP contribution >= 0.6 is 11.3 Å². The Balaban J connectivity index is 1.71. The molecule has 0 atom stereocenters. The molecule has 0 radical (unpaired) electrons. The summed E-state index contributed by atoms with van der Waals surface area (Å²) in [6.07, 6.45) is 0. The molecule has 0 saturated heterocycles. The molecule has 0 bridgehead atoms. The predicted octanol–water partition coefficient (Wildman–Crippen LogP) is 2.84. The quantitative estimate of drug-likeness (QED) is 0.537. The zero-order chi connectivity index (χ0) is 20.9. The molecule has 0 unspecified atom stereocenters. The molecule has 0 fully saturated rings. The maximum absolute atomic E-state index is 12.5. The number of amides is 2. The van der Waals surface area contributed by atoms with Crippen molar-refractivity contribution in [3.8, 4) is 0 Å². The molecule has 3 rings (SSSR count). The smallest absolute Gasteiger partial charge is 0.255 e.